The summed E-state index contributed by atoms with van der Waals surface area (Å²) in [5.41, 5.74) is 1.000. The summed E-state index contributed by atoms with van der Waals surface area (Å²) in [5.74, 6) is -0.254. The number of amides is 1. The first kappa shape index (κ1) is 17.9. The van der Waals surface area contributed by atoms with Crippen LogP contribution in [0.1, 0.15) is 56.0 Å². The van der Waals surface area contributed by atoms with Crippen LogP contribution in [0.2, 0.25) is 0 Å². The van der Waals surface area contributed by atoms with E-state index in [1.165, 1.54) is 17.8 Å². The number of carbonyl (C=O) groups excluding carboxylic acids is 1. The monoisotopic (exact) mass is 337 g/mol. The van der Waals surface area contributed by atoms with Gasteiger partial charge in [-0.1, -0.05) is 20.4 Å². The molecule has 1 aliphatic heterocycles. The molecular weight excluding hydrogens is 310 g/mol. The van der Waals surface area contributed by atoms with Crippen molar-refractivity contribution in [1.29, 1.82) is 0 Å². The molecule has 0 saturated carbocycles. The molecule has 0 aromatic carbocycles. The molecule has 6 heteroatoms. The van der Waals surface area contributed by atoms with Gasteiger partial charge in [-0.15, -0.1) is 11.3 Å². The molecule has 0 bridgehead atoms. The van der Waals surface area contributed by atoms with Crippen molar-refractivity contribution in [1.82, 2.24) is 15.2 Å². The van der Waals surface area contributed by atoms with Gasteiger partial charge in [-0.05, 0) is 32.1 Å². The summed E-state index contributed by atoms with van der Waals surface area (Å²) in [7, 11) is 0. The lowest BCUT2D eigenvalue weighted by Gasteiger charge is -2.39. The molecule has 1 saturated heterocycles. The fourth-order valence-corrected chi connectivity index (χ4v) is 3.44. The molecule has 0 aliphatic carbocycles. The van der Waals surface area contributed by atoms with Crippen molar-refractivity contribution in [3.05, 3.63) is 22.7 Å². The van der Waals surface area contributed by atoms with Crippen molar-refractivity contribution in [2.45, 2.75) is 46.1 Å². The lowest BCUT2D eigenvalue weighted by Crippen LogP contribution is -2.39. The summed E-state index contributed by atoms with van der Waals surface area (Å²) in [4.78, 5) is 18.8. The van der Waals surface area contributed by atoms with Gasteiger partial charge in [0.1, 0.15) is 0 Å². The largest absolute Gasteiger partial charge is 0.389 e. The van der Waals surface area contributed by atoms with Crippen molar-refractivity contribution < 1.29 is 9.90 Å². The normalized spacial score (nSPS) is 17.9. The molecule has 2 heterocycles. The minimum atomic E-state index is -0.932. The minimum absolute atomic E-state index is 0.196. The van der Waals surface area contributed by atoms with E-state index in [0.717, 1.165) is 30.9 Å². The van der Waals surface area contributed by atoms with Gasteiger partial charge in [-0.25, -0.2) is 4.98 Å². The molecule has 1 amide bonds. The Hall–Kier alpha value is -1.40. The average Bonchev–Trinajstić information content (AvgIpc) is 2.91. The standard InChI is InChI=1S/C17H27N3O2S/c1-12(20-8-6-7-16(2,3)11-20)13-9-23-15(19-13)14(21)18-10-17(4,5)22/h9,22H,1,6-8,10-11H2,2-5H3,(H,18,21). The van der Waals surface area contributed by atoms with E-state index in [-0.39, 0.29) is 17.9 Å². The van der Waals surface area contributed by atoms with Crippen molar-refractivity contribution in [3.63, 3.8) is 0 Å². The molecule has 1 aromatic heterocycles. The third kappa shape index (κ3) is 5.04. The van der Waals surface area contributed by atoms with E-state index in [0.29, 0.717) is 5.01 Å². The molecule has 1 aromatic rings. The van der Waals surface area contributed by atoms with E-state index < -0.39 is 5.60 Å². The van der Waals surface area contributed by atoms with Gasteiger partial charge < -0.3 is 15.3 Å². The van der Waals surface area contributed by atoms with Gasteiger partial charge in [-0.3, -0.25) is 4.79 Å². The Labute approximate surface area is 142 Å². The number of aromatic nitrogens is 1. The number of likely N-dealkylation sites (tertiary alicyclic amines) is 1. The topological polar surface area (TPSA) is 65.5 Å². The number of thiazole rings is 1. The van der Waals surface area contributed by atoms with Crippen LogP contribution >= 0.6 is 11.3 Å². The highest BCUT2D eigenvalue weighted by Gasteiger charge is 2.28. The van der Waals surface area contributed by atoms with Gasteiger partial charge in [0.25, 0.3) is 5.91 Å². The zero-order valence-corrected chi connectivity index (χ0v) is 15.3. The fourth-order valence-electron chi connectivity index (χ4n) is 2.70. The Morgan fingerprint density at radius 2 is 2.26 bits per heavy atom. The maximum Gasteiger partial charge on any atom is 0.280 e. The Morgan fingerprint density at radius 3 is 2.87 bits per heavy atom. The Kier molecular flexibility index (Phi) is 5.16. The number of carbonyl (C=O) groups is 1. The van der Waals surface area contributed by atoms with Gasteiger partial charge in [0.2, 0.25) is 0 Å². The molecule has 0 unspecified atom stereocenters. The molecule has 2 rings (SSSR count). The SMILES string of the molecule is C=C(c1csc(C(=O)NCC(C)(C)O)n1)N1CCCC(C)(C)C1. The quantitative estimate of drug-likeness (QED) is 0.867. The number of aliphatic hydroxyl groups is 1. The van der Waals surface area contributed by atoms with Crippen LogP contribution in [0.5, 0.6) is 0 Å². The van der Waals surface area contributed by atoms with E-state index in [1.807, 2.05) is 5.38 Å². The summed E-state index contributed by atoms with van der Waals surface area (Å²) < 4.78 is 0. The molecule has 23 heavy (non-hydrogen) atoms. The number of hydrogen-bond donors (Lipinski definition) is 2. The van der Waals surface area contributed by atoms with E-state index in [9.17, 15) is 9.90 Å². The third-order valence-electron chi connectivity index (χ3n) is 3.96. The fraction of sp³-hybridized carbons (Fsp3) is 0.647. The predicted octanol–water partition coefficient (Wildman–Crippen LogP) is 2.74. The summed E-state index contributed by atoms with van der Waals surface area (Å²) in [6, 6.07) is 0. The summed E-state index contributed by atoms with van der Waals surface area (Å²) >= 11 is 1.31. The van der Waals surface area contributed by atoms with Crippen LogP contribution in [0.4, 0.5) is 0 Å². The number of nitrogens with zero attached hydrogens (tertiary/aromatic N) is 2. The van der Waals surface area contributed by atoms with Crippen LogP contribution in [0.3, 0.4) is 0 Å². The molecule has 2 N–H and O–H groups in total. The van der Waals surface area contributed by atoms with Gasteiger partial charge in [0.05, 0.1) is 17.0 Å². The van der Waals surface area contributed by atoms with Gasteiger partial charge in [0, 0.05) is 25.0 Å². The highest BCUT2D eigenvalue weighted by atomic mass is 32.1. The van der Waals surface area contributed by atoms with Crippen molar-refractivity contribution in [3.8, 4) is 0 Å². The second-order valence-electron chi connectivity index (χ2n) is 7.67. The van der Waals surface area contributed by atoms with E-state index in [2.05, 4.69) is 35.6 Å². The van der Waals surface area contributed by atoms with Crippen molar-refractivity contribution in [2.24, 2.45) is 5.41 Å². The predicted molar refractivity (Wildman–Crippen MR) is 94.4 cm³/mol. The zero-order valence-electron chi connectivity index (χ0n) is 14.5. The summed E-state index contributed by atoms with van der Waals surface area (Å²) in [6.07, 6.45) is 2.37. The molecular formula is C17H27N3O2S. The van der Waals surface area contributed by atoms with Gasteiger partial charge in [-0.2, -0.15) is 0 Å². The van der Waals surface area contributed by atoms with Crippen molar-refractivity contribution >= 4 is 22.9 Å². The number of nitrogens with one attached hydrogen (secondary N) is 1. The van der Waals surface area contributed by atoms with Crippen LogP contribution in [-0.2, 0) is 0 Å². The van der Waals surface area contributed by atoms with E-state index >= 15 is 0 Å². The first-order valence-corrected chi connectivity index (χ1v) is 8.86. The lowest BCUT2D eigenvalue weighted by molar-refractivity contribution is 0.0694. The average molecular weight is 337 g/mol. The highest BCUT2D eigenvalue weighted by molar-refractivity contribution is 7.11. The Morgan fingerprint density at radius 1 is 1.57 bits per heavy atom. The van der Waals surface area contributed by atoms with Gasteiger partial charge in [0.15, 0.2) is 5.01 Å². The van der Waals surface area contributed by atoms with E-state index in [1.54, 1.807) is 13.8 Å². The first-order valence-electron chi connectivity index (χ1n) is 7.98. The van der Waals surface area contributed by atoms with Crippen LogP contribution in [-0.4, -0.2) is 46.1 Å². The molecule has 1 fully saturated rings. The van der Waals surface area contributed by atoms with Crippen LogP contribution in [0.25, 0.3) is 5.70 Å². The molecule has 5 nitrogen and oxygen atoms in total. The molecule has 0 spiro atoms. The smallest absolute Gasteiger partial charge is 0.280 e. The highest BCUT2D eigenvalue weighted by Crippen LogP contribution is 2.32. The molecule has 0 atom stereocenters. The van der Waals surface area contributed by atoms with Gasteiger partial charge >= 0.3 is 0 Å². The van der Waals surface area contributed by atoms with Crippen LogP contribution in [0, 0.1) is 5.41 Å². The van der Waals surface area contributed by atoms with E-state index in [4.69, 9.17) is 0 Å². The second-order valence-corrected chi connectivity index (χ2v) is 8.53. The summed E-state index contributed by atoms with van der Waals surface area (Å²) in [6.45, 7) is 14.2. The maximum atomic E-state index is 12.1. The zero-order chi connectivity index (χ0) is 17.3. The molecule has 128 valence electrons. The first-order chi connectivity index (χ1) is 10.6. The summed E-state index contributed by atoms with van der Waals surface area (Å²) in [5, 5.41) is 14.7. The Bertz CT molecular complexity index is 587. The number of hydrogen-bond acceptors (Lipinski definition) is 5. The maximum absolute atomic E-state index is 12.1. The second kappa shape index (κ2) is 6.61. The third-order valence-corrected chi connectivity index (χ3v) is 4.80. The van der Waals surface area contributed by atoms with Crippen LogP contribution in [0.15, 0.2) is 12.0 Å². The number of rotatable bonds is 5. The molecule has 0 radical (unpaired) electrons. The molecule has 1 aliphatic rings. The number of piperidine rings is 1. The lowest BCUT2D eigenvalue weighted by atomic mass is 9.84. The minimum Gasteiger partial charge on any atom is -0.389 e. The van der Waals surface area contributed by atoms with Crippen molar-refractivity contribution in [2.75, 3.05) is 19.6 Å². The van der Waals surface area contributed by atoms with Crippen LogP contribution < -0.4 is 5.32 Å². The Balaban J connectivity index is 2.01.